The lowest BCUT2D eigenvalue weighted by atomic mass is 10.2. The van der Waals surface area contributed by atoms with Gasteiger partial charge in [0.25, 0.3) is 0 Å². The van der Waals surface area contributed by atoms with E-state index in [0.29, 0.717) is 12.2 Å². The smallest absolute Gasteiger partial charge is 0.337 e. The minimum absolute atomic E-state index is 0.0352. The second-order valence-electron chi connectivity index (χ2n) is 4.46. The van der Waals surface area contributed by atoms with E-state index in [1.54, 1.807) is 6.92 Å². The Morgan fingerprint density at radius 3 is 1.95 bits per heavy atom. The Hall–Kier alpha value is -2.37. The summed E-state index contributed by atoms with van der Waals surface area (Å²) in [6, 6.07) is 0. The van der Waals surface area contributed by atoms with Crippen LogP contribution < -0.4 is 0 Å². The molecule has 0 aliphatic rings. The van der Waals surface area contributed by atoms with Gasteiger partial charge in [-0.2, -0.15) is 0 Å². The summed E-state index contributed by atoms with van der Waals surface area (Å²) in [5, 5.41) is 8.28. The molecular formula is C15H22O6. The van der Waals surface area contributed by atoms with Gasteiger partial charge in [-0.05, 0) is 18.9 Å². The average molecular weight is 298 g/mol. The summed E-state index contributed by atoms with van der Waals surface area (Å²) in [6.45, 7) is 12.5. The zero-order chi connectivity index (χ0) is 17.0. The van der Waals surface area contributed by atoms with E-state index < -0.39 is 11.9 Å². The molecule has 0 aliphatic heterocycles. The summed E-state index contributed by atoms with van der Waals surface area (Å²) in [5.74, 6) is -1.81. The number of hydrogen-bond donors (Lipinski definition) is 1. The molecule has 0 saturated heterocycles. The highest BCUT2D eigenvalue weighted by Crippen LogP contribution is 2.00. The quantitative estimate of drug-likeness (QED) is 0.459. The topological polar surface area (TPSA) is 89.9 Å². The normalized spacial score (nSPS) is 9.57. The molecule has 0 atom stereocenters. The highest BCUT2D eigenvalue weighted by atomic mass is 16.5. The summed E-state index contributed by atoms with van der Waals surface area (Å²) >= 11 is 0. The number of hydrogen-bond acceptors (Lipinski definition) is 5. The van der Waals surface area contributed by atoms with Crippen molar-refractivity contribution in [3.63, 3.8) is 0 Å². The van der Waals surface area contributed by atoms with Crippen molar-refractivity contribution in [1.29, 1.82) is 0 Å². The van der Waals surface area contributed by atoms with Gasteiger partial charge in [0, 0.05) is 11.6 Å². The summed E-state index contributed by atoms with van der Waals surface area (Å²) < 4.78 is 9.09. The molecular weight excluding hydrogens is 276 g/mol. The zero-order valence-electron chi connectivity index (χ0n) is 12.8. The number of esters is 2. The van der Waals surface area contributed by atoms with Crippen molar-refractivity contribution in [2.24, 2.45) is 5.92 Å². The second-order valence-corrected chi connectivity index (χ2v) is 4.46. The van der Waals surface area contributed by atoms with Crippen molar-refractivity contribution < 1.29 is 29.0 Å². The van der Waals surface area contributed by atoms with Gasteiger partial charge >= 0.3 is 17.9 Å². The lowest BCUT2D eigenvalue weighted by Crippen LogP contribution is -2.10. The van der Waals surface area contributed by atoms with Gasteiger partial charge in [-0.3, -0.25) is 0 Å². The first kappa shape index (κ1) is 20.9. The summed E-state index contributed by atoms with van der Waals surface area (Å²) in [4.78, 5) is 31.4. The average Bonchev–Trinajstić information content (AvgIpc) is 2.41. The van der Waals surface area contributed by atoms with Crippen LogP contribution in [0.4, 0.5) is 0 Å². The van der Waals surface area contributed by atoms with Crippen LogP contribution in [0.2, 0.25) is 0 Å². The fraction of sp³-hybridized carbons (Fsp3) is 0.400. The lowest BCUT2D eigenvalue weighted by molar-refractivity contribution is -0.139. The van der Waals surface area contributed by atoms with Gasteiger partial charge in [-0.25, -0.2) is 14.4 Å². The number of carboxylic acid groups (broad SMARTS) is 1. The summed E-state index contributed by atoms with van der Waals surface area (Å²) in [6.07, 6.45) is 1.96. The van der Waals surface area contributed by atoms with Crippen LogP contribution in [0, 0.1) is 5.92 Å². The van der Waals surface area contributed by atoms with E-state index >= 15 is 0 Å². The first-order chi connectivity index (χ1) is 9.61. The van der Waals surface area contributed by atoms with E-state index in [1.807, 2.05) is 13.8 Å². The number of carboxylic acids is 1. The molecule has 0 aromatic carbocycles. The molecule has 0 spiro atoms. The first-order valence-corrected chi connectivity index (χ1v) is 6.12. The van der Waals surface area contributed by atoms with Crippen molar-refractivity contribution in [3.05, 3.63) is 36.5 Å². The Labute approximate surface area is 124 Å². The van der Waals surface area contributed by atoms with Crippen LogP contribution in [0.25, 0.3) is 0 Å². The van der Waals surface area contributed by atoms with E-state index in [1.165, 1.54) is 7.11 Å². The predicted octanol–water partition coefficient (Wildman–Crippen LogP) is 2.12. The largest absolute Gasteiger partial charge is 0.478 e. The predicted molar refractivity (Wildman–Crippen MR) is 78.5 cm³/mol. The standard InChI is InChI=1S/C10H14O4.C5H8O2/c1-7(2)6-14-10(13)8(3)4-5-9(11)12;1-4(2)5(6)7-3/h4-5,7H,3,6H2,1-2H3,(H,11,12);1H2,2-3H3. The van der Waals surface area contributed by atoms with Gasteiger partial charge in [0.15, 0.2) is 0 Å². The van der Waals surface area contributed by atoms with Crippen LogP contribution in [0.15, 0.2) is 36.5 Å². The van der Waals surface area contributed by atoms with E-state index in [9.17, 15) is 14.4 Å². The third-order valence-electron chi connectivity index (χ3n) is 1.77. The van der Waals surface area contributed by atoms with Gasteiger partial charge in [0.05, 0.1) is 19.3 Å². The van der Waals surface area contributed by atoms with Crippen LogP contribution >= 0.6 is 0 Å². The van der Waals surface area contributed by atoms with Crippen molar-refractivity contribution in [2.75, 3.05) is 13.7 Å². The second kappa shape index (κ2) is 11.5. The minimum atomic E-state index is -1.12. The van der Waals surface area contributed by atoms with Gasteiger partial charge < -0.3 is 14.6 Å². The molecule has 6 heteroatoms. The summed E-state index contributed by atoms with van der Waals surface area (Å²) in [5.41, 5.74) is 0.468. The van der Waals surface area contributed by atoms with Crippen LogP contribution in [0.1, 0.15) is 20.8 Å². The zero-order valence-corrected chi connectivity index (χ0v) is 12.8. The van der Waals surface area contributed by atoms with E-state index in [2.05, 4.69) is 17.9 Å². The molecule has 0 bridgehead atoms. The Morgan fingerprint density at radius 2 is 1.67 bits per heavy atom. The first-order valence-electron chi connectivity index (χ1n) is 6.12. The van der Waals surface area contributed by atoms with Crippen molar-refractivity contribution in [1.82, 2.24) is 0 Å². The van der Waals surface area contributed by atoms with Gasteiger partial charge in [-0.15, -0.1) is 0 Å². The maximum Gasteiger partial charge on any atom is 0.337 e. The molecule has 0 unspecified atom stereocenters. The Balaban J connectivity index is 0. The molecule has 0 aromatic heterocycles. The molecule has 0 aromatic rings. The van der Waals surface area contributed by atoms with E-state index in [4.69, 9.17) is 9.84 Å². The Morgan fingerprint density at radius 1 is 1.14 bits per heavy atom. The molecule has 6 nitrogen and oxygen atoms in total. The molecule has 0 rings (SSSR count). The van der Waals surface area contributed by atoms with Crippen molar-refractivity contribution in [2.45, 2.75) is 20.8 Å². The molecule has 0 fully saturated rings. The SMILES string of the molecule is C=C(C)C(=O)OC.C=C(C=CC(=O)O)C(=O)OCC(C)C. The molecule has 0 heterocycles. The number of aliphatic carboxylic acids is 1. The Bertz CT molecular complexity index is 431. The van der Waals surface area contributed by atoms with Crippen LogP contribution in [-0.2, 0) is 23.9 Å². The van der Waals surface area contributed by atoms with E-state index in [0.717, 1.165) is 12.2 Å². The lowest BCUT2D eigenvalue weighted by Gasteiger charge is -2.06. The molecule has 0 radical (unpaired) electrons. The van der Waals surface area contributed by atoms with Gasteiger partial charge in [-0.1, -0.05) is 27.0 Å². The number of ether oxygens (including phenoxy) is 2. The minimum Gasteiger partial charge on any atom is -0.478 e. The number of carbonyl (C=O) groups excluding carboxylic acids is 2. The molecule has 0 aliphatic carbocycles. The maximum absolute atomic E-state index is 11.1. The number of rotatable bonds is 6. The van der Waals surface area contributed by atoms with E-state index in [-0.39, 0.29) is 17.5 Å². The van der Waals surface area contributed by atoms with Gasteiger partial charge in [0.1, 0.15) is 0 Å². The van der Waals surface area contributed by atoms with Crippen molar-refractivity contribution in [3.8, 4) is 0 Å². The molecule has 1 N–H and O–H groups in total. The fourth-order valence-corrected chi connectivity index (χ4v) is 0.749. The van der Waals surface area contributed by atoms with Gasteiger partial charge in [0.2, 0.25) is 0 Å². The number of methoxy groups -OCH3 is 1. The maximum atomic E-state index is 11.1. The van der Waals surface area contributed by atoms with Crippen LogP contribution in [0.5, 0.6) is 0 Å². The highest BCUT2D eigenvalue weighted by molar-refractivity contribution is 5.93. The third kappa shape index (κ3) is 13.9. The molecule has 21 heavy (non-hydrogen) atoms. The fourth-order valence-electron chi connectivity index (χ4n) is 0.749. The number of carbonyl (C=O) groups is 3. The third-order valence-corrected chi connectivity index (χ3v) is 1.77. The van der Waals surface area contributed by atoms with Crippen LogP contribution in [0.3, 0.4) is 0 Å². The molecule has 118 valence electrons. The van der Waals surface area contributed by atoms with Crippen LogP contribution in [-0.4, -0.2) is 36.7 Å². The van der Waals surface area contributed by atoms with Crippen molar-refractivity contribution >= 4 is 17.9 Å². The summed E-state index contributed by atoms with van der Waals surface area (Å²) in [7, 11) is 1.33. The molecule has 0 saturated carbocycles. The molecule has 0 amide bonds. The Kier molecular flexibility index (Phi) is 11.4. The monoisotopic (exact) mass is 298 g/mol. The highest BCUT2D eigenvalue weighted by Gasteiger charge is 2.06.